The Morgan fingerprint density at radius 3 is 2.68 bits per heavy atom. The Morgan fingerprint density at radius 2 is 1.96 bits per heavy atom. The molecule has 0 aliphatic heterocycles. The highest BCUT2D eigenvalue weighted by Gasteiger charge is 2.28. The predicted molar refractivity (Wildman–Crippen MR) is 104 cm³/mol. The van der Waals surface area contributed by atoms with Crippen molar-refractivity contribution < 1.29 is 9.53 Å². The smallest absolute Gasteiger partial charge is 0.227 e. The van der Waals surface area contributed by atoms with Gasteiger partial charge in [0, 0.05) is 6.04 Å². The first kappa shape index (κ1) is 19.5. The molecule has 3 atom stereocenters. The van der Waals surface area contributed by atoms with E-state index in [1.807, 2.05) is 31.2 Å². The van der Waals surface area contributed by atoms with E-state index in [0.29, 0.717) is 12.5 Å². The number of carbonyl (C=O) groups is 1. The summed E-state index contributed by atoms with van der Waals surface area (Å²) in [5, 5.41) is 5.44. The average molecular weight is 363 g/mol. The Hall–Kier alpha value is -1.78. The molecule has 0 radical (unpaired) electrons. The summed E-state index contributed by atoms with van der Waals surface area (Å²) >= 11 is 0. The van der Waals surface area contributed by atoms with Crippen molar-refractivity contribution in [3.05, 3.63) is 42.0 Å². The van der Waals surface area contributed by atoms with Crippen molar-refractivity contribution in [3.63, 3.8) is 0 Å². The number of benzene rings is 2. The number of hydrogen-bond donors (Lipinski definition) is 2. The molecule has 3 unspecified atom stereocenters. The lowest BCUT2D eigenvalue weighted by molar-refractivity contribution is -0.123. The second kappa shape index (κ2) is 8.54. The van der Waals surface area contributed by atoms with Crippen LogP contribution in [0.5, 0.6) is 5.75 Å². The minimum atomic E-state index is -0.171. The number of hydrogen-bond acceptors (Lipinski definition) is 3. The SMILES string of the molecule is COc1ccc2cc(C(C)C(=O)NC3CCCC3CN)ccc2c1.Cl. The lowest BCUT2D eigenvalue weighted by Crippen LogP contribution is -2.41. The minimum absolute atomic E-state index is 0. The molecular formula is C20H27ClN2O2. The van der Waals surface area contributed by atoms with E-state index in [2.05, 4.69) is 17.4 Å². The third-order valence-corrected chi connectivity index (χ3v) is 5.25. The summed E-state index contributed by atoms with van der Waals surface area (Å²) in [5.41, 5.74) is 6.85. The van der Waals surface area contributed by atoms with E-state index in [0.717, 1.165) is 41.3 Å². The van der Waals surface area contributed by atoms with E-state index in [1.54, 1.807) is 7.11 Å². The number of fused-ring (bicyclic) bond motifs is 1. The Kier molecular flexibility index (Phi) is 6.68. The molecule has 1 aliphatic rings. The molecule has 25 heavy (non-hydrogen) atoms. The van der Waals surface area contributed by atoms with Crippen LogP contribution < -0.4 is 15.8 Å². The highest BCUT2D eigenvalue weighted by molar-refractivity contribution is 5.88. The van der Waals surface area contributed by atoms with Gasteiger partial charge in [0.25, 0.3) is 0 Å². The zero-order chi connectivity index (χ0) is 17.1. The van der Waals surface area contributed by atoms with Crippen molar-refractivity contribution in [2.24, 2.45) is 11.7 Å². The van der Waals surface area contributed by atoms with Gasteiger partial charge in [-0.3, -0.25) is 4.79 Å². The molecule has 136 valence electrons. The van der Waals surface area contributed by atoms with E-state index >= 15 is 0 Å². The zero-order valence-electron chi connectivity index (χ0n) is 14.8. The Labute approximate surface area is 155 Å². The van der Waals surface area contributed by atoms with Gasteiger partial charge in [-0.15, -0.1) is 12.4 Å². The van der Waals surface area contributed by atoms with Crippen molar-refractivity contribution >= 4 is 29.1 Å². The second-order valence-corrected chi connectivity index (χ2v) is 6.74. The minimum Gasteiger partial charge on any atom is -0.497 e. The molecule has 0 saturated heterocycles. The van der Waals surface area contributed by atoms with E-state index in [9.17, 15) is 4.79 Å². The molecule has 1 aliphatic carbocycles. The van der Waals surface area contributed by atoms with E-state index < -0.39 is 0 Å². The van der Waals surface area contributed by atoms with Gasteiger partial charge < -0.3 is 15.8 Å². The van der Waals surface area contributed by atoms with Gasteiger partial charge in [-0.1, -0.05) is 30.7 Å². The third-order valence-electron chi connectivity index (χ3n) is 5.25. The number of rotatable bonds is 5. The topological polar surface area (TPSA) is 64.3 Å². The summed E-state index contributed by atoms with van der Waals surface area (Å²) in [4.78, 5) is 12.6. The van der Waals surface area contributed by atoms with Gasteiger partial charge in [-0.25, -0.2) is 0 Å². The molecule has 1 saturated carbocycles. The number of nitrogens with two attached hydrogens (primary N) is 1. The summed E-state index contributed by atoms with van der Waals surface area (Å²) in [6.07, 6.45) is 3.31. The highest BCUT2D eigenvalue weighted by atomic mass is 35.5. The average Bonchev–Trinajstić information content (AvgIpc) is 3.07. The highest BCUT2D eigenvalue weighted by Crippen LogP contribution is 2.27. The zero-order valence-corrected chi connectivity index (χ0v) is 15.6. The summed E-state index contributed by atoms with van der Waals surface area (Å²) < 4.78 is 5.26. The van der Waals surface area contributed by atoms with Crippen LogP contribution in [-0.4, -0.2) is 25.6 Å². The molecule has 3 rings (SSSR count). The first-order valence-corrected chi connectivity index (χ1v) is 8.70. The first-order chi connectivity index (χ1) is 11.6. The van der Waals surface area contributed by atoms with Gasteiger partial charge >= 0.3 is 0 Å². The van der Waals surface area contributed by atoms with Crippen LogP contribution in [0.3, 0.4) is 0 Å². The van der Waals surface area contributed by atoms with Crippen LogP contribution in [0, 0.1) is 5.92 Å². The molecule has 2 aromatic rings. The largest absolute Gasteiger partial charge is 0.497 e. The number of halogens is 1. The fourth-order valence-electron chi connectivity index (χ4n) is 3.61. The molecule has 0 bridgehead atoms. The van der Waals surface area contributed by atoms with Crippen molar-refractivity contribution in [2.45, 2.75) is 38.1 Å². The van der Waals surface area contributed by atoms with Crippen molar-refractivity contribution in [3.8, 4) is 5.75 Å². The fourth-order valence-corrected chi connectivity index (χ4v) is 3.61. The molecule has 1 fully saturated rings. The normalized spacial score (nSPS) is 20.8. The number of nitrogens with one attached hydrogen (secondary N) is 1. The maximum absolute atomic E-state index is 12.6. The molecule has 4 nitrogen and oxygen atoms in total. The summed E-state index contributed by atoms with van der Waals surface area (Å²) in [6.45, 7) is 2.61. The van der Waals surface area contributed by atoms with Gasteiger partial charge in [0.2, 0.25) is 5.91 Å². The van der Waals surface area contributed by atoms with Crippen LogP contribution >= 0.6 is 12.4 Å². The van der Waals surface area contributed by atoms with Gasteiger partial charge in [0.1, 0.15) is 5.75 Å². The van der Waals surface area contributed by atoms with E-state index in [1.165, 1.54) is 0 Å². The summed E-state index contributed by atoms with van der Waals surface area (Å²) in [7, 11) is 1.67. The fraction of sp³-hybridized carbons (Fsp3) is 0.450. The molecule has 2 aromatic carbocycles. The summed E-state index contributed by atoms with van der Waals surface area (Å²) in [5.74, 6) is 1.18. The lowest BCUT2D eigenvalue weighted by atomic mass is 9.96. The van der Waals surface area contributed by atoms with Crippen LogP contribution in [-0.2, 0) is 4.79 Å². The number of ether oxygens (including phenoxy) is 1. The Balaban J connectivity index is 0.00000225. The Bertz CT molecular complexity index is 735. The predicted octanol–water partition coefficient (Wildman–Crippen LogP) is 3.62. The van der Waals surface area contributed by atoms with E-state index in [4.69, 9.17) is 10.5 Å². The molecule has 5 heteroatoms. The molecule has 0 aromatic heterocycles. The van der Waals surface area contributed by atoms with Crippen molar-refractivity contribution in [1.29, 1.82) is 0 Å². The van der Waals surface area contributed by atoms with Crippen LogP contribution in [0.15, 0.2) is 36.4 Å². The molecule has 0 heterocycles. The quantitative estimate of drug-likeness (QED) is 0.853. The second-order valence-electron chi connectivity index (χ2n) is 6.74. The number of methoxy groups -OCH3 is 1. The molecule has 3 N–H and O–H groups in total. The lowest BCUT2D eigenvalue weighted by Gasteiger charge is -2.22. The number of amides is 1. The Morgan fingerprint density at radius 1 is 1.24 bits per heavy atom. The third kappa shape index (κ3) is 4.25. The number of carbonyl (C=O) groups excluding carboxylic acids is 1. The van der Waals surface area contributed by atoms with Gasteiger partial charge in [0.15, 0.2) is 0 Å². The van der Waals surface area contributed by atoms with Crippen molar-refractivity contribution in [2.75, 3.05) is 13.7 Å². The molecule has 1 amide bonds. The standard InChI is InChI=1S/C20H26N2O2.ClH/c1-13(20(23)22-19-5-3-4-17(19)12-21)14-6-7-16-11-18(24-2)9-8-15(16)10-14;/h6-11,13,17,19H,3-5,12,21H2,1-2H3,(H,22,23);1H. The maximum atomic E-state index is 12.6. The van der Waals surface area contributed by atoms with Gasteiger partial charge in [0.05, 0.1) is 13.0 Å². The maximum Gasteiger partial charge on any atom is 0.227 e. The van der Waals surface area contributed by atoms with Crippen LogP contribution in [0.4, 0.5) is 0 Å². The van der Waals surface area contributed by atoms with Crippen LogP contribution in [0.2, 0.25) is 0 Å². The first-order valence-electron chi connectivity index (χ1n) is 8.70. The van der Waals surface area contributed by atoms with E-state index in [-0.39, 0.29) is 30.3 Å². The molecule has 0 spiro atoms. The van der Waals surface area contributed by atoms with Crippen molar-refractivity contribution in [1.82, 2.24) is 5.32 Å². The monoisotopic (exact) mass is 362 g/mol. The van der Waals surface area contributed by atoms with Crippen LogP contribution in [0.1, 0.15) is 37.7 Å². The van der Waals surface area contributed by atoms with Gasteiger partial charge in [-0.2, -0.15) is 0 Å². The summed E-state index contributed by atoms with van der Waals surface area (Å²) in [6, 6.07) is 12.4. The van der Waals surface area contributed by atoms with Gasteiger partial charge in [-0.05, 0) is 60.7 Å². The van der Waals surface area contributed by atoms with Crippen LogP contribution in [0.25, 0.3) is 10.8 Å². The molecular weight excluding hydrogens is 336 g/mol.